The number of nitrogens with one attached hydrogen (secondary N) is 1. The summed E-state index contributed by atoms with van der Waals surface area (Å²) < 4.78 is 1.96. The molecule has 0 aliphatic rings. The Labute approximate surface area is 168 Å². The molecule has 1 aromatic heterocycles. The monoisotopic (exact) mass is 400 g/mol. The van der Waals surface area contributed by atoms with E-state index in [1.165, 1.54) is 11.8 Å². The van der Waals surface area contributed by atoms with Crippen LogP contribution in [0.15, 0.2) is 53.7 Å². The molecule has 1 heterocycles. The van der Waals surface area contributed by atoms with Gasteiger partial charge < -0.3 is 5.32 Å². The highest BCUT2D eigenvalue weighted by Crippen LogP contribution is 2.29. The minimum Gasteiger partial charge on any atom is -0.355 e. The lowest BCUT2D eigenvalue weighted by Gasteiger charge is -2.11. The van der Waals surface area contributed by atoms with Crippen LogP contribution in [0.4, 0.5) is 0 Å². The zero-order chi connectivity index (χ0) is 19.2. The molecule has 2 aromatic carbocycles. The molecule has 5 nitrogen and oxygen atoms in total. The molecule has 0 aliphatic carbocycles. The van der Waals surface area contributed by atoms with Gasteiger partial charge in [-0.2, -0.15) is 0 Å². The van der Waals surface area contributed by atoms with Crippen LogP contribution in [0.1, 0.15) is 18.9 Å². The number of rotatable bonds is 7. The maximum Gasteiger partial charge on any atom is 0.230 e. The highest BCUT2D eigenvalue weighted by atomic mass is 35.5. The first kappa shape index (κ1) is 19.5. The van der Waals surface area contributed by atoms with Gasteiger partial charge in [0.1, 0.15) is 0 Å². The fraction of sp³-hybridized carbons (Fsp3) is 0.250. The summed E-state index contributed by atoms with van der Waals surface area (Å²) >= 11 is 7.41. The summed E-state index contributed by atoms with van der Waals surface area (Å²) in [6, 6.07) is 15.6. The van der Waals surface area contributed by atoms with Crippen LogP contribution in [0.2, 0.25) is 5.02 Å². The summed E-state index contributed by atoms with van der Waals surface area (Å²) in [6.45, 7) is 4.75. The molecule has 1 N–H and O–H groups in total. The Balaban J connectivity index is 1.96. The first-order valence-electron chi connectivity index (χ1n) is 8.76. The molecule has 0 aliphatic heterocycles. The van der Waals surface area contributed by atoms with Gasteiger partial charge in [0.2, 0.25) is 5.91 Å². The fourth-order valence-electron chi connectivity index (χ4n) is 2.60. The van der Waals surface area contributed by atoms with E-state index in [2.05, 4.69) is 21.6 Å². The topological polar surface area (TPSA) is 59.8 Å². The maximum atomic E-state index is 12.0. The van der Waals surface area contributed by atoms with Crippen molar-refractivity contribution in [1.82, 2.24) is 20.1 Å². The van der Waals surface area contributed by atoms with Crippen molar-refractivity contribution in [2.75, 3.05) is 12.3 Å². The Kier molecular flexibility index (Phi) is 6.53. The zero-order valence-electron chi connectivity index (χ0n) is 15.3. The van der Waals surface area contributed by atoms with Crippen molar-refractivity contribution in [2.45, 2.75) is 25.4 Å². The van der Waals surface area contributed by atoms with Crippen LogP contribution in [0.3, 0.4) is 0 Å². The van der Waals surface area contributed by atoms with E-state index < -0.39 is 0 Å². The van der Waals surface area contributed by atoms with Crippen LogP contribution in [-0.4, -0.2) is 33.0 Å². The first-order chi connectivity index (χ1) is 13.1. The van der Waals surface area contributed by atoms with Crippen molar-refractivity contribution < 1.29 is 4.79 Å². The summed E-state index contributed by atoms with van der Waals surface area (Å²) in [6.07, 6.45) is 0.912. The Bertz CT molecular complexity index is 924. The zero-order valence-corrected chi connectivity index (χ0v) is 16.8. The predicted octanol–water partition coefficient (Wildman–Crippen LogP) is 4.51. The van der Waals surface area contributed by atoms with Crippen LogP contribution in [0.5, 0.6) is 0 Å². The smallest absolute Gasteiger partial charge is 0.230 e. The summed E-state index contributed by atoms with van der Waals surface area (Å²) in [5, 5.41) is 12.9. The van der Waals surface area contributed by atoms with Crippen molar-refractivity contribution >= 4 is 29.3 Å². The number of hydrogen-bond donors (Lipinski definition) is 1. The molecule has 0 atom stereocenters. The van der Waals surface area contributed by atoms with Crippen molar-refractivity contribution in [3.8, 4) is 17.1 Å². The first-order valence-corrected chi connectivity index (χ1v) is 10.1. The largest absolute Gasteiger partial charge is 0.355 e. The van der Waals surface area contributed by atoms with Crippen molar-refractivity contribution in [3.05, 3.63) is 59.1 Å². The maximum absolute atomic E-state index is 12.0. The van der Waals surface area contributed by atoms with Crippen molar-refractivity contribution in [3.63, 3.8) is 0 Å². The second-order valence-electron chi connectivity index (χ2n) is 6.13. The molecule has 0 radical (unpaired) electrons. The average molecular weight is 401 g/mol. The number of thioether (sulfide) groups is 1. The van der Waals surface area contributed by atoms with Crippen LogP contribution in [0.25, 0.3) is 17.1 Å². The quantitative estimate of drug-likeness (QED) is 0.592. The Hall–Kier alpha value is -2.31. The van der Waals surface area contributed by atoms with Gasteiger partial charge in [-0.3, -0.25) is 9.36 Å². The molecule has 1 amide bonds. The van der Waals surface area contributed by atoms with Gasteiger partial charge in [-0.05, 0) is 43.7 Å². The molecule has 7 heteroatoms. The van der Waals surface area contributed by atoms with Gasteiger partial charge in [-0.25, -0.2) is 0 Å². The Morgan fingerprint density at radius 3 is 2.67 bits per heavy atom. The third-order valence-electron chi connectivity index (χ3n) is 3.90. The van der Waals surface area contributed by atoms with Crippen molar-refractivity contribution in [2.24, 2.45) is 0 Å². The van der Waals surface area contributed by atoms with Gasteiger partial charge in [-0.1, -0.05) is 54.0 Å². The third-order valence-corrected chi connectivity index (χ3v) is 5.08. The van der Waals surface area contributed by atoms with Gasteiger partial charge in [0.05, 0.1) is 5.75 Å². The molecule has 0 bridgehead atoms. The summed E-state index contributed by atoms with van der Waals surface area (Å²) in [5.74, 6) is 1.02. The van der Waals surface area contributed by atoms with E-state index in [4.69, 9.17) is 11.6 Å². The molecule has 0 saturated carbocycles. The standard InChI is InChI=1S/C20H21ClN4OS/c1-3-11-22-18(26)13-27-20-24-23-19(15-6-4-5-14(2)12-15)25(20)17-9-7-16(21)8-10-17/h4-10,12H,3,11,13H2,1-2H3,(H,22,26). The van der Waals surface area contributed by atoms with E-state index in [1.54, 1.807) is 0 Å². The van der Waals surface area contributed by atoms with E-state index in [0.717, 1.165) is 29.1 Å². The molecule has 3 aromatic rings. The van der Waals surface area contributed by atoms with E-state index in [-0.39, 0.29) is 5.91 Å². The normalized spacial score (nSPS) is 10.8. The number of amides is 1. The number of benzene rings is 2. The van der Waals surface area contributed by atoms with E-state index in [1.807, 2.05) is 60.9 Å². The molecule has 0 fully saturated rings. The second-order valence-corrected chi connectivity index (χ2v) is 7.51. The van der Waals surface area contributed by atoms with Gasteiger partial charge in [-0.15, -0.1) is 10.2 Å². The third kappa shape index (κ3) is 4.90. The Morgan fingerprint density at radius 1 is 1.19 bits per heavy atom. The van der Waals surface area contributed by atoms with Crippen molar-refractivity contribution in [1.29, 1.82) is 0 Å². The number of halogens is 1. The number of nitrogens with zero attached hydrogens (tertiary/aromatic N) is 3. The number of hydrogen-bond acceptors (Lipinski definition) is 4. The molecule has 0 unspecified atom stereocenters. The highest BCUT2D eigenvalue weighted by molar-refractivity contribution is 7.99. The van der Waals surface area contributed by atoms with E-state index >= 15 is 0 Å². The van der Waals surface area contributed by atoms with Crippen LogP contribution in [-0.2, 0) is 4.79 Å². The van der Waals surface area contributed by atoms with Gasteiger partial charge in [0.15, 0.2) is 11.0 Å². The lowest BCUT2D eigenvalue weighted by atomic mass is 10.1. The predicted molar refractivity (Wildman–Crippen MR) is 111 cm³/mol. The number of aryl methyl sites for hydroxylation is 1. The fourth-order valence-corrected chi connectivity index (χ4v) is 3.51. The molecule has 27 heavy (non-hydrogen) atoms. The molecular formula is C20H21ClN4OS. The minimum atomic E-state index is -0.00962. The summed E-state index contributed by atoms with van der Waals surface area (Å²) in [5.41, 5.74) is 3.02. The SMILES string of the molecule is CCCNC(=O)CSc1nnc(-c2cccc(C)c2)n1-c1ccc(Cl)cc1. The molecular weight excluding hydrogens is 380 g/mol. The van der Waals surface area contributed by atoms with Gasteiger partial charge in [0, 0.05) is 22.8 Å². The van der Waals surface area contributed by atoms with E-state index in [9.17, 15) is 4.79 Å². The Morgan fingerprint density at radius 2 is 1.96 bits per heavy atom. The second kappa shape index (κ2) is 9.06. The molecule has 140 valence electrons. The van der Waals surface area contributed by atoms with Gasteiger partial charge >= 0.3 is 0 Å². The van der Waals surface area contributed by atoms with E-state index in [0.29, 0.717) is 22.5 Å². The molecule has 0 spiro atoms. The number of aromatic nitrogens is 3. The van der Waals surface area contributed by atoms with Crippen LogP contribution >= 0.6 is 23.4 Å². The summed E-state index contributed by atoms with van der Waals surface area (Å²) in [4.78, 5) is 12.0. The number of carbonyl (C=O) groups excluding carboxylic acids is 1. The average Bonchev–Trinajstić information content (AvgIpc) is 3.09. The number of carbonyl (C=O) groups is 1. The van der Waals surface area contributed by atoms with Crippen LogP contribution in [0, 0.1) is 6.92 Å². The molecule has 0 saturated heterocycles. The lowest BCUT2D eigenvalue weighted by molar-refractivity contribution is -0.118. The van der Waals surface area contributed by atoms with Crippen LogP contribution < -0.4 is 5.32 Å². The highest BCUT2D eigenvalue weighted by Gasteiger charge is 2.17. The summed E-state index contributed by atoms with van der Waals surface area (Å²) in [7, 11) is 0. The lowest BCUT2D eigenvalue weighted by Crippen LogP contribution is -2.25. The molecule has 3 rings (SSSR count). The van der Waals surface area contributed by atoms with Gasteiger partial charge in [0.25, 0.3) is 0 Å². The minimum absolute atomic E-state index is 0.00962.